The van der Waals surface area contributed by atoms with Crippen molar-refractivity contribution >= 4 is 34.3 Å². The van der Waals surface area contributed by atoms with E-state index in [1.165, 1.54) is 16.9 Å². The molecule has 1 aromatic carbocycles. The maximum atomic E-state index is 11.9. The van der Waals surface area contributed by atoms with Gasteiger partial charge in [-0.3, -0.25) is 14.9 Å². The van der Waals surface area contributed by atoms with Crippen LogP contribution in [0.4, 0.5) is 11.1 Å². The molecular weight excluding hydrogens is 378 g/mol. The van der Waals surface area contributed by atoms with Crippen molar-refractivity contribution in [2.24, 2.45) is 0 Å². The van der Waals surface area contributed by atoms with Crippen LogP contribution in [-0.4, -0.2) is 40.0 Å². The number of rotatable bonds is 8. The molecule has 0 aliphatic heterocycles. The molecule has 0 unspecified atom stereocenters. The van der Waals surface area contributed by atoms with Crippen molar-refractivity contribution in [3.63, 3.8) is 0 Å². The predicted octanol–water partition coefficient (Wildman–Crippen LogP) is 2.89. The van der Waals surface area contributed by atoms with E-state index < -0.39 is 11.9 Å². The summed E-state index contributed by atoms with van der Waals surface area (Å²) in [5.74, 6) is -0.489. The second-order valence-electron chi connectivity index (χ2n) is 5.86. The molecule has 2 heterocycles. The Morgan fingerprint density at radius 3 is 2.64 bits per heavy atom. The Morgan fingerprint density at radius 1 is 1.14 bits per heavy atom. The summed E-state index contributed by atoms with van der Waals surface area (Å²) >= 11 is 1.32. The van der Waals surface area contributed by atoms with Gasteiger partial charge in [0.1, 0.15) is 0 Å². The maximum Gasteiger partial charge on any atom is 0.308 e. The van der Waals surface area contributed by atoms with Crippen molar-refractivity contribution < 1.29 is 14.3 Å². The Labute approximate surface area is 166 Å². The van der Waals surface area contributed by atoms with Crippen LogP contribution in [0.15, 0.2) is 48.1 Å². The Hall–Kier alpha value is -3.33. The third kappa shape index (κ3) is 5.85. The Kier molecular flexibility index (Phi) is 6.64. The topological polar surface area (TPSA) is 106 Å². The summed E-state index contributed by atoms with van der Waals surface area (Å²) in [4.78, 5) is 36.0. The molecule has 0 aliphatic rings. The molecule has 9 heteroatoms. The smallest absolute Gasteiger partial charge is 0.308 e. The molecule has 0 atom stereocenters. The van der Waals surface area contributed by atoms with Crippen molar-refractivity contribution in [2.75, 3.05) is 23.8 Å². The van der Waals surface area contributed by atoms with Gasteiger partial charge in [-0.15, -0.1) is 11.3 Å². The molecule has 0 fully saturated rings. The number of nitrogens with zero attached hydrogens (tertiary/aromatic N) is 3. The first-order valence-electron chi connectivity index (χ1n) is 8.59. The van der Waals surface area contributed by atoms with Crippen LogP contribution in [0.3, 0.4) is 0 Å². The number of carbonyl (C=O) groups excluding carboxylic acids is 2. The van der Waals surface area contributed by atoms with Crippen LogP contribution < -0.4 is 10.6 Å². The Bertz CT molecular complexity index is 928. The van der Waals surface area contributed by atoms with E-state index in [0.29, 0.717) is 17.6 Å². The second kappa shape index (κ2) is 9.56. The Balaban J connectivity index is 1.39. The van der Waals surface area contributed by atoms with E-state index in [9.17, 15) is 9.59 Å². The predicted molar refractivity (Wildman–Crippen MR) is 107 cm³/mol. The van der Waals surface area contributed by atoms with Gasteiger partial charge < -0.3 is 10.1 Å². The number of hydrogen-bond acceptors (Lipinski definition) is 8. The minimum atomic E-state index is -0.488. The number of amides is 1. The zero-order valence-corrected chi connectivity index (χ0v) is 16.0. The van der Waals surface area contributed by atoms with E-state index >= 15 is 0 Å². The maximum absolute atomic E-state index is 11.9. The zero-order valence-electron chi connectivity index (χ0n) is 15.2. The van der Waals surface area contributed by atoms with E-state index in [-0.39, 0.29) is 13.0 Å². The summed E-state index contributed by atoms with van der Waals surface area (Å²) in [6.45, 7) is 1.97. The van der Waals surface area contributed by atoms with Crippen LogP contribution in [0.25, 0.3) is 11.3 Å². The van der Waals surface area contributed by atoms with Gasteiger partial charge in [-0.05, 0) is 13.0 Å². The van der Waals surface area contributed by atoms with Gasteiger partial charge >= 0.3 is 5.97 Å². The Morgan fingerprint density at radius 2 is 1.89 bits per heavy atom. The van der Waals surface area contributed by atoms with E-state index in [1.807, 2.05) is 36.6 Å². The summed E-state index contributed by atoms with van der Waals surface area (Å²) < 4.78 is 4.96. The molecule has 2 N–H and O–H groups in total. The van der Waals surface area contributed by atoms with Crippen LogP contribution in [0, 0.1) is 6.92 Å². The number of carbonyl (C=O) groups is 2. The molecule has 0 saturated heterocycles. The minimum absolute atomic E-state index is 0.0976. The number of thiazole rings is 1. The molecule has 3 aromatic rings. The molecule has 0 radical (unpaired) electrons. The average molecular weight is 397 g/mol. The number of benzene rings is 1. The van der Waals surface area contributed by atoms with Crippen LogP contribution in [-0.2, 0) is 14.3 Å². The van der Waals surface area contributed by atoms with E-state index in [4.69, 9.17) is 4.74 Å². The summed E-state index contributed by atoms with van der Waals surface area (Å²) in [6, 6.07) is 9.67. The highest BCUT2D eigenvalue weighted by Gasteiger charge is 2.11. The molecule has 0 spiro atoms. The van der Waals surface area contributed by atoms with E-state index in [0.717, 1.165) is 11.3 Å². The summed E-state index contributed by atoms with van der Waals surface area (Å²) in [7, 11) is 0. The first-order chi connectivity index (χ1) is 13.6. The van der Waals surface area contributed by atoms with Crippen LogP contribution >= 0.6 is 11.3 Å². The normalized spacial score (nSPS) is 10.3. The SMILES string of the molecule is Cc1ccc(-c2csc(NC(=O)COC(=O)CCNc3ncccn3)n2)cc1. The highest BCUT2D eigenvalue weighted by Crippen LogP contribution is 2.25. The number of anilines is 2. The van der Waals surface area contributed by atoms with Gasteiger partial charge in [0.15, 0.2) is 11.7 Å². The molecule has 8 nitrogen and oxygen atoms in total. The van der Waals surface area contributed by atoms with Gasteiger partial charge in [0.25, 0.3) is 5.91 Å². The first kappa shape index (κ1) is 19.4. The van der Waals surface area contributed by atoms with Crippen molar-refractivity contribution in [2.45, 2.75) is 13.3 Å². The lowest BCUT2D eigenvalue weighted by Gasteiger charge is -2.06. The molecule has 144 valence electrons. The van der Waals surface area contributed by atoms with Crippen molar-refractivity contribution in [1.29, 1.82) is 0 Å². The standard InChI is InChI=1S/C19H19N5O3S/c1-13-3-5-14(6-4-13)15-12-28-19(23-15)24-16(25)11-27-17(26)7-10-22-18-20-8-2-9-21-18/h2-6,8-9,12H,7,10-11H2,1H3,(H,20,21,22)(H,23,24,25). The fourth-order valence-electron chi connectivity index (χ4n) is 2.23. The molecule has 0 aliphatic carbocycles. The number of aromatic nitrogens is 3. The number of ether oxygens (including phenoxy) is 1. The quantitative estimate of drug-likeness (QED) is 0.563. The zero-order chi connectivity index (χ0) is 19.8. The van der Waals surface area contributed by atoms with Crippen LogP contribution in [0.5, 0.6) is 0 Å². The number of aryl methyl sites for hydroxylation is 1. The third-order valence-corrected chi connectivity index (χ3v) is 4.40. The molecule has 0 bridgehead atoms. The van der Waals surface area contributed by atoms with Gasteiger partial charge in [0.2, 0.25) is 5.95 Å². The fraction of sp³-hybridized carbons (Fsp3) is 0.211. The molecule has 1 amide bonds. The van der Waals surface area contributed by atoms with Gasteiger partial charge in [-0.25, -0.2) is 15.0 Å². The van der Waals surface area contributed by atoms with Crippen molar-refractivity contribution in [3.8, 4) is 11.3 Å². The largest absolute Gasteiger partial charge is 0.456 e. The third-order valence-electron chi connectivity index (χ3n) is 3.64. The van der Waals surface area contributed by atoms with Crippen molar-refractivity contribution in [3.05, 3.63) is 53.7 Å². The summed E-state index contributed by atoms with van der Waals surface area (Å²) in [5.41, 5.74) is 2.93. The molecule has 3 rings (SSSR count). The summed E-state index contributed by atoms with van der Waals surface area (Å²) in [6.07, 6.45) is 3.29. The lowest BCUT2D eigenvalue weighted by molar-refractivity contribution is -0.147. The number of hydrogen-bond donors (Lipinski definition) is 2. The molecule has 2 aromatic heterocycles. The van der Waals surface area contributed by atoms with Gasteiger partial charge in [0.05, 0.1) is 12.1 Å². The highest BCUT2D eigenvalue weighted by molar-refractivity contribution is 7.14. The van der Waals surface area contributed by atoms with Gasteiger partial charge in [-0.1, -0.05) is 29.8 Å². The highest BCUT2D eigenvalue weighted by atomic mass is 32.1. The van der Waals surface area contributed by atoms with Gasteiger partial charge in [0, 0.05) is 29.9 Å². The second-order valence-corrected chi connectivity index (χ2v) is 6.72. The monoisotopic (exact) mass is 397 g/mol. The number of nitrogens with one attached hydrogen (secondary N) is 2. The van der Waals surface area contributed by atoms with Gasteiger partial charge in [-0.2, -0.15) is 0 Å². The number of esters is 1. The van der Waals surface area contributed by atoms with Crippen LogP contribution in [0.2, 0.25) is 0 Å². The molecule has 0 saturated carbocycles. The van der Waals surface area contributed by atoms with Crippen molar-refractivity contribution in [1.82, 2.24) is 15.0 Å². The van der Waals surface area contributed by atoms with Crippen LogP contribution in [0.1, 0.15) is 12.0 Å². The van der Waals surface area contributed by atoms with E-state index in [2.05, 4.69) is 25.6 Å². The first-order valence-corrected chi connectivity index (χ1v) is 9.47. The average Bonchev–Trinajstić information content (AvgIpc) is 3.16. The minimum Gasteiger partial charge on any atom is -0.456 e. The lowest BCUT2D eigenvalue weighted by Crippen LogP contribution is -2.22. The fourth-order valence-corrected chi connectivity index (χ4v) is 2.96. The van der Waals surface area contributed by atoms with E-state index in [1.54, 1.807) is 18.5 Å². The lowest BCUT2D eigenvalue weighted by atomic mass is 10.1. The molecular formula is C19H19N5O3S. The molecule has 28 heavy (non-hydrogen) atoms. The summed E-state index contributed by atoms with van der Waals surface area (Å²) in [5, 5.41) is 7.85.